The fourth-order valence-corrected chi connectivity index (χ4v) is 3.18. The fraction of sp³-hybridized carbons (Fsp3) is 0. The average molecular weight is 421 g/mol. The second-order valence-corrected chi connectivity index (χ2v) is 7.77. The van der Waals surface area contributed by atoms with Gasteiger partial charge < -0.3 is 9.73 Å². The van der Waals surface area contributed by atoms with E-state index in [1.165, 1.54) is 30.8 Å². The molecule has 0 spiro atoms. The van der Waals surface area contributed by atoms with E-state index in [2.05, 4.69) is 20.3 Å². The average Bonchev–Trinajstić information content (AvgIpc) is 2.73. The summed E-state index contributed by atoms with van der Waals surface area (Å²) in [4.78, 5) is 25.0. The number of nitrogens with two attached hydrogens (primary N) is 1. The molecule has 30 heavy (non-hydrogen) atoms. The largest absolute Gasteiger partial charge is 0.463 e. The van der Waals surface area contributed by atoms with Crippen molar-refractivity contribution in [2.75, 3.05) is 5.32 Å². The van der Waals surface area contributed by atoms with Crippen molar-refractivity contribution in [2.45, 2.75) is 4.90 Å². The summed E-state index contributed by atoms with van der Waals surface area (Å²) in [7, 11) is -3.76. The van der Waals surface area contributed by atoms with Gasteiger partial charge in [0, 0.05) is 18.1 Å². The van der Waals surface area contributed by atoms with Crippen LogP contribution in [-0.2, 0) is 10.0 Å². The van der Waals surface area contributed by atoms with Crippen molar-refractivity contribution in [3.8, 4) is 0 Å². The normalized spacial score (nSPS) is 11.8. The van der Waals surface area contributed by atoms with Crippen molar-refractivity contribution >= 4 is 44.7 Å². The molecule has 0 radical (unpaired) electrons. The molecular weight excluding hydrogens is 406 g/mol. The highest BCUT2D eigenvalue weighted by molar-refractivity contribution is 7.89. The Morgan fingerprint density at radius 3 is 2.60 bits per heavy atom. The van der Waals surface area contributed by atoms with E-state index in [1.807, 2.05) is 0 Å². The number of anilines is 2. The molecule has 0 aliphatic rings. The summed E-state index contributed by atoms with van der Waals surface area (Å²) < 4.78 is 28.1. The topological polar surface area (TPSA) is 141 Å². The van der Waals surface area contributed by atoms with Gasteiger partial charge in [-0.2, -0.15) is 4.98 Å². The minimum atomic E-state index is -3.76. The number of rotatable bonds is 5. The van der Waals surface area contributed by atoms with Crippen LogP contribution in [0.2, 0.25) is 0 Å². The Balaban J connectivity index is 1.55. The third-order valence-electron chi connectivity index (χ3n) is 4.12. The Hall–Kier alpha value is -3.89. The Labute approximate surface area is 171 Å². The highest BCUT2D eigenvalue weighted by Crippen LogP contribution is 2.18. The molecule has 0 fully saturated rings. The molecule has 0 aliphatic carbocycles. The van der Waals surface area contributed by atoms with Gasteiger partial charge in [-0.25, -0.2) is 23.5 Å². The van der Waals surface area contributed by atoms with Crippen molar-refractivity contribution in [2.24, 2.45) is 10.1 Å². The summed E-state index contributed by atoms with van der Waals surface area (Å²) >= 11 is 0. The second kappa shape index (κ2) is 7.85. The van der Waals surface area contributed by atoms with E-state index in [1.54, 1.807) is 42.5 Å². The van der Waals surface area contributed by atoms with Gasteiger partial charge in [0.2, 0.25) is 15.5 Å². The zero-order valence-corrected chi connectivity index (χ0v) is 16.2. The molecule has 9 nitrogen and oxygen atoms in total. The van der Waals surface area contributed by atoms with Gasteiger partial charge >= 0.3 is 0 Å². The number of nitrogens with one attached hydrogen (secondary N) is 1. The van der Waals surface area contributed by atoms with Crippen LogP contribution in [0.25, 0.3) is 11.0 Å². The van der Waals surface area contributed by atoms with Crippen LogP contribution in [0.15, 0.2) is 86.2 Å². The zero-order valence-electron chi connectivity index (χ0n) is 15.4. The quantitative estimate of drug-likeness (QED) is 0.472. The molecule has 2 heterocycles. The molecule has 0 bridgehead atoms. The molecule has 3 N–H and O–H groups in total. The molecule has 2 aromatic heterocycles. The van der Waals surface area contributed by atoms with Gasteiger partial charge in [0.05, 0.1) is 15.8 Å². The first-order chi connectivity index (χ1) is 14.4. The Morgan fingerprint density at radius 2 is 1.83 bits per heavy atom. The fourth-order valence-electron chi connectivity index (χ4n) is 2.67. The minimum Gasteiger partial charge on any atom is -0.463 e. The number of fused-ring (bicyclic) bond motifs is 1. The Kier molecular flexibility index (Phi) is 5.09. The SMILES string of the molecule is NS(=O)(=O)c1ccc(Nc2ccnc(N=Cc3coc4ccccc4c3=O)n2)cc1. The van der Waals surface area contributed by atoms with E-state index >= 15 is 0 Å². The van der Waals surface area contributed by atoms with Gasteiger partial charge in [-0.05, 0) is 42.5 Å². The van der Waals surface area contributed by atoms with Gasteiger partial charge in [0.25, 0.3) is 5.95 Å². The van der Waals surface area contributed by atoms with Gasteiger partial charge in [-0.3, -0.25) is 4.79 Å². The van der Waals surface area contributed by atoms with Crippen molar-refractivity contribution in [1.82, 2.24) is 9.97 Å². The molecule has 4 aromatic rings. The van der Waals surface area contributed by atoms with E-state index < -0.39 is 10.0 Å². The second-order valence-electron chi connectivity index (χ2n) is 6.21. The van der Waals surface area contributed by atoms with Crippen LogP contribution >= 0.6 is 0 Å². The molecule has 2 aromatic carbocycles. The van der Waals surface area contributed by atoms with Crippen LogP contribution in [0, 0.1) is 0 Å². The van der Waals surface area contributed by atoms with E-state index in [9.17, 15) is 13.2 Å². The van der Waals surface area contributed by atoms with E-state index in [0.717, 1.165) is 0 Å². The van der Waals surface area contributed by atoms with E-state index in [4.69, 9.17) is 9.56 Å². The van der Waals surface area contributed by atoms with Crippen LogP contribution in [0.1, 0.15) is 5.56 Å². The van der Waals surface area contributed by atoms with Crippen molar-refractivity contribution in [3.63, 3.8) is 0 Å². The van der Waals surface area contributed by atoms with E-state index in [0.29, 0.717) is 22.5 Å². The molecule has 4 rings (SSSR count). The number of nitrogens with zero attached hydrogens (tertiary/aromatic N) is 3. The maximum absolute atomic E-state index is 12.5. The third kappa shape index (κ3) is 4.24. The molecule has 150 valence electrons. The molecule has 0 atom stereocenters. The predicted octanol–water partition coefficient (Wildman–Crippen LogP) is 2.72. The number of benzene rings is 2. The van der Waals surface area contributed by atoms with Crippen molar-refractivity contribution in [3.05, 3.63) is 82.8 Å². The maximum atomic E-state index is 12.5. The number of hydrogen-bond acceptors (Lipinski definition) is 8. The van der Waals surface area contributed by atoms with Gasteiger partial charge in [0.1, 0.15) is 17.7 Å². The first kappa shape index (κ1) is 19.4. The lowest BCUT2D eigenvalue weighted by Crippen LogP contribution is -2.11. The monoisotopic (exact) mass is 421 g/mol. The van der Waals surface area contributed by atoms with Crippen LogP contribution < -0.4 is 15.9 Å². The molecule has 0 saturated carbocycles. The first-order valence-electron chi connectivity index (χ1n) is 8.68. The number of sulfonamides is 1. The number of primary sulfonamides is 1. The highest BCUT2D eigenvalue weighted by Gasteiger charge is 2.08. The smallest absolute Gasteiger partial charge is 0.251 e. The number of para-hydroxylation sites is 1. The van der Waals surface area contributed by atoms with Crippen LogP contribution in [-0.4, -0.2) is 24.6 Å². The highest BCUT2D eigenvalue weighted by atomic mass is 32.2. The molecule has 0 amide bonds. The van der Waals surface area contributed by atoms with Crippen LogP contribution in [0.3, 0.4) is 0 Å². The number of hydrogen-bond donors (Lipinski definition) is 2. The summed E-state index contributed by atoms with van der Waals surface area (Å²) in [5.41, 5.74) is 1.17. The molecule has 10 heteroatoms. The summed E-state index contributed by atoms with van der Waals surface area (Å²) in [5, 5.41) is 8.56. The maximum Gasteiger partial charge on any atom is 0.251 e. The summed E-state index contributed by atoms with van der Waals surface area (Å²) in [6.45, 7) is 0. The first-order valence-corrected chi connectivity index (χ1v) is 10.2. The summed E-state index contributed by atoms with van der Waals surface area (Å²) in [5.74, 6) is 0.569. The van der Waals surface area contributed by atoms with Crippen molar-refractivity contribution < 1.29 is 12.8 Å². The van der Waals surface area contributed by atoms with Gasteiger partial charge in [-0.15, -0.1) is 0 Å². The third-order valence-corrected chi connectivity index (χ3v) is 5.05. The minimum absolute atomic E-state index is 0.00948. The predicted molar refractivity (Wildman–Crippen MR) is 113 cm³/mol. The number of aliphatic imine (C=N–C) groups is 1. The van der Waals surface area contributed by atoms with Crippen LogP contribution in [0.5, 0.6) is 0 Å². The van der Waals surface area contributed by atoms with Gasteiger partial charge in [-0.1, -0.05) is 12.1 Å². The molecular formula is C20H15N5O4S. The lowest BCUT2D eigenvalue weighted by molar-refractivity contribution is 0.597. The number of aromatic nitrogens is 2. The summed E-state index contributed by atoms with van der Waals surface area (Å²) in [6, 6.07) is 14.5. The van der Waals surface area contributed by atoms with Crippen LogP contribution in [0.4, 0.5) is 17.5 Å². The molecule has 0 aliphatic heterocycles. The van der Waals surface area contributed by atoms with E-state index in [-0.39, 0.29) is 21.8 Å². The molecule has 0 unspecified atom stereocenters. The van der Waals surface area contributed by atoms with Gasteiger partial charge in [0.15, 0.2) is 0 Å². The van der Waals surface area contributed by atoms with Crippen molar-refractivity contribution in [1.29, 1.82) is 0 Å². The zero-order chi connectivity index (χ0) is 21.1. The standard InChI is InChI=1S/C20H15N5O4S/c21-30(27,28)15-7-5-14(6-8-15)24-18-9-10-22-20(25-18)23-11-13-12-29-17-4-2-1-3-16(17)19(13)26/h1-12H,(H2,21,27,28)(H,22,24,25). The molecule has 0 saturated heterocycles. The Bertz CT molecular complexity index is 1410. The summed E-state index contributed by atoms with van der Waals surface area (Å²) in [6.07, 6.45) is 4.19. The Morgan fingerprint density at radius 1 is 1.07 bits per heavy atom. The lowest BCUT2D eigenvalue weighted by atomic mass is 10.2. The lowest BCUT2D eigenvalue weighted by Gasteiger charge is -2.06.